The van der Waals surface area contributed by atoms with Crippen molar-refractivity contribution < 1.29 is 14.3 Å². The molecule has 108 valence electrons. The molecule has 3 fully saturated rings. The van der Waals surface area contributed by atoms with Gasteiger partial charge in [-0.2, -0.15) is 0 Å². The van der Waals surface area contributed by atoms with Gasteiger partial charge in [-0.3, -0.25) is 9.59 Å². The Hall–Kier alpha value is -0.850. The number of amides is 2. The van der Waals surface area contributed by atoms with E-state index in [0.29, 0.717) is 38.8 Å². The van der Waals surface area contributed by atoms with Crippen molar-refractivity contribution in [3.63, 3.8) is 0 Å². The third-order valence-electron chi connectivity index (χ3n) is 3.73. The van der Waals surface area contributed by atoms with E-state index in [4.69, 9.17) is 4.74 Å². The lowest BCUT2D eigenvalue weighted by Gasteiger charge is -2.24. The van der Waals surface area contributed by atoms with Crippen molar-refractivity contribution in [2.24, 2.45) is 0 Å². The van der Waals surface area contributed by atoms with Crippen molar-refractivity contribution in [1.29, 1.82) is 0 Å². The summed E-state index contributed by atoms with van der Waals surface area (Å²) in [5.41, 5.74) is 0. The Labute approximate surface area is 118 Å². The summed E-state index contributed by atoms with van der Waals surface area (Å²) in [7, 11) is 0. The van der Waals surface area contributed by atoms with Crippen LogP contribution in [0.5, 0.6) is 0 Å². The highest BCUT2D eigenvalue weighted by Crippen LogP contribution is 2.30. The fraction of sp³-hybridized carbons (Fsp3) is 0.833. The van der Waals surface area contributed by atoms with Crippen molar-refractivity contribution in [3.8, 4) is 0 Å². The van der Waals surface area contributed by atoms with Crippen LogP contribution in [0.1, 0.15) is 19.3 Å². The van der Waals surface area contributed by atoms with Gasteiger partial charge in [-0.1, -0.05) is 0 Å². The summed E-state index contributed by atoms with van der Waals surface area (Å²) in [6, 6.07) is 0.133. The van der Waals surface area contributed by atoms with Crippen LogP contribution in [0.4, 0.5) is 0 Å². The summed E-state index contributed by atoms with van der Waals surface area (Å²) in [4.78, 5) is 25.6. The van der Waals surface area contributed by atoms with Gasteiger partial charge in [0.25, 0.3) is 0 Å². The van der Waals surface area contributed by atoms with Gasteiger partial charge in [0.1, 0.15) is 6.04 Å². The second kappa shape index (κ2) is 6.07. The summed E-state index contributed by atoms with van der Waals surface area (Å²) in [6.07, 6.45) is 2.67. The minimum atomic E-state index is -0.274. The van der Waals surface area contributed by atoms with Crippen LogP contribution in [0.25, 0.3) is 0 Å². The quantitative estimate of drug-likeness (QED) is 0.719. The average molecular weight is 290 g/mol. The number of carbonyl (C=O) groups excluding carboxylic acids is 2. The molecule has 1 aliphatic carbocycles. The number of likely N-dealkylation sites (tertiary alicyclic amines) is 1. The first kappa shape index (κ1) is 14.6. The van der Waals surface area contributed by atoms with Crippen molar-refractivity contribution >= 4 is 24.2 Å². The second-order valence-electron chi connectivity index (χ2n) is 5.27. The number of carbonyl (C=O) groups is 2. The van der Waals surface area contributed by atoms with Gasteiger partial charge in [0.05, 0.1) is 19.3 Å². The second-order valence-corrected chi connectivity index (χ2v) is 5.27. The molecule has 0 radical (unpaired) electrons. The number of ether oxygens (including phenoxy) is 1. The molecular formula is C12H20ClN3O3. The van der Waals surface area contributed by atoms with E-state index >= 15 is 0 Å². The molecule has 2 unspecified atom stereocenters. The Balaban J connectivity index is 0.00000133. The highest BCUT2D eigenvalue weighted by molar-refractivity contribution is 5.85. The van der Waals surface area contributed by atoms with E-state index in [2.05, 4.69) is 10.6 Å². The van der Waals surface area contributed by atoms with Crippen LogP contribution in [0.2, 0.25) is 0 Å². The summed E-state index contributed by atoms with van der Waals surface area (Å²) < 4.78 is 5.26. The van der Waals surface area contributed by atoms with Crippen LogP contribution >= 0.6 is 12.4 Å². The molecule has 3 rings (SSSR count). The maximum atomic E-state index is 12.0. The fourth-order valence-electron chi connectivity index (χ4n) is 2.60. The van der Waals surface area contributed by atoms with Gasteiger partial charge in [0, 0.05) is 25.6 Å². The van der Waals surface area contributed by atoms with Crippen LogP contribution in [0.15, 0.2) is 0 Å². The summed E-state index contributed by atoms with van der Waals surface area (Å²) in [6.45, 7) is 2.44. The number of hydrogen-bond acceptors (Lipinski definition) is 4. The zero-order chi connectivity index (χ0) is 12.5. The molecule has 2 saturated heterocycles. The predicted octanol–water partition coefficient (Wildman–Crippen LogP) is -0.724. The van der Waals surface area contributed by atoms with Crippen molar-refractivity contribution in [2.45, 2.75) is 37.4 Å². The number of morpholine rings is 1. The highest BCUT2D eigenvalue weighted by Gasteiger charge is 2.40. The summed E-state index contributed by atoms with van der Waals surface area (Å²) in [5.74, 6) is 0.126. The van der Waals surface area contributed by atoms with Gasteiger partial charge in [-0.25, -0.2) is 0 Å². The molecular weight excluding hydrogens is 270 g/mol. The summed E-state index contributed by atoms with van der Waals surface area (Å²) >= 11 is 0. The van der Waals surface area contributed by atoms with Crippen molar-refractivity contribution in [3.05, 3.63) is 0 Å². The number of nitrogens with one attached hydrogen (secondary N) is 2. The fourth-order valence-corrected chi connectivity index (χ4v) is 2.60. The van der Waals surface area contributed by atoms with Crippen LogP contribution in [0, 0.1) is 0 Å². The molecule has 3 aliphatic rings. The molecule has 2 aliphatic heterocycles. The lowest BCUT2D eigenvalue weighted by Crippen LogP contribution is -2.53. The van der Waals surface area contributed by atoms with Crippen molar-refractivity contribution in [1.82, 2.24) is 15.5 Å². The maximum absolute atomic E-state index is 12.0. The normalized spacial score (nSPS) is 30.9. The average Bonchev–Trinajstić information content (AvgIpc) is 3.15. The highest BCUT2D eigenvalue weighted by atomic mass is 35.5. The van der Waals surface area contributed by atoms with E-state index in [1.165, 1.54) is 0 Å². The van der Waals surface area contributed by atoms with Crippen LogP contribution in [-0.4, -0.2) is 61.1 Å². The number of hydrogen-bond donors (Lipinski definition) is 2. The predicted molar refractivity (Wildman–Crippen MR) is 71.1 cm³/mol. The molecule has 0 spiro atoms. The molecule has 2 heterocycles. The van der Waals surface area contributed by atoms with Gasteiger partial charge in [-0.05, 0) is 12.8 Å². The Morgan fingerprint density at radius 1 is 1.42 bits per heavy atom. The Morgan fingerprint density at radius 2 is 2.21 bits per heavy atom. The molecule has 0 aromatic carbocycles. The molecule has 0 aromatic heterocycles. The van der Waals surface area contributed by atoms with Gasteiger partial charge in [-0.15, -0.1) is 12.4 Å². The van der Waals surface area contributed by atoms with Crippen molar-refractivity contribution in [2.75, 3.05) is 26.3 Å². The zero-order valence-electron chi connectivity index (χ0n) is 10.8. The van der Waals surface area contributed by atoms with E-state index in [9.17, 15) is 9.59 Å². The summed E-state index contributed by atoms with van der Waals surface area (Å²) in [5, 5.41) is 6.06. The van der Waals surface area contributed by atoms with E-state index in [0.717, 1.165) is 12.8 Å². The van der Waals surface area contributed by atoms with Crippen LogP contribution in [0.3, 0.4) is 0 Å². The van der Waals surface area contributed by atoms with Gasteiger partial charge >= 0.3 is 0 Å². The lowest BCUT2D eigenvalue weighted by molar-refractivity contribution is -0.128. The van der Waals surface area contributed by atoms with Gasteiger partial charge < -0.3 is 20.3 Å². The van der Waals surface area contributed by atoms with Crippen LogP contribution < -0.4 is 10.6 Å². The Morgan fingerprint density at radius 3 is 2.84 bits per heavy atom. The molecule has 0 bridgehead atoms. The Kier molecular flexibility index (Phi) is 4.65. The molecule has 7 heteroatoms. The third kappa shape index (κ3) is 3.38. The standard InChI is InChI=1S/C12H19N3O3.ClH/c16-11-5-8(6-15(11)9-1-2-9)14-12(17)10-7-18-4-3-13-10;/h8-10,13H,1-7H2,(H,14,17);1H. The topological polar surface area (TPSA) is 70.7 Å². The lowest BCUT2D eigenvalue weighted by atomic mass is 10.2. The molecule has 0 aromatic rings. The first-order valence-electron chi connectivity index (χ1n) is 6.65. The molecule has 2 N–H and O–H groups in total. The maximum Gasteiger partial charge on any atom is 0.239 e. The number of halogens is 1. The SMILES string of the molecule is Cl.O=C(NC1CC(=O)N(C2CC2)C1)C1COCCN1. The van der Waals surface area contributed by atoms with Gasteiger partial charge in [0.15, 0.2) is 0 Å². The largest absolute Gasteiger partial charge is 0.378 e. The molecule has 1 saturated carbocycles. The molecule has 6 nitrogen and oxygen atoms in total. The minimum absolute atomic E-state index is 0. The first-order valence-corrected chi connectivity index (χ1v) is 6.65. The molecule has 2 amide bonds. The number of rotatable bonds is 3. The molecule has 19 heavy (non-hydrogen) atoms. The number of nitrogens with zero attached hydrogens (tertiary/aromatic N) is 1. The van der Waals surface area contributed by atoms with E-state index in [-0.39, 0.29) is 36.3 Å². The monoisotopic (exact) mass is 289 g/mol. The van der Waals surface area contributed by atoms with Crippen LogP contribution in [-0.2, 0) is 14.3 Å². The minimum Gasteiger partial charge on any atom is -0.378 e. The third-order valence-corrected chi connectivity index (χ3v) is 3.73. The first-order chi connectivity index (χ1) is 8.74. The molecule has 2 atom stereocenters. The Bertz CT molecular complexity index is 356. The van der Waals surface area contributed by atoms with E-state index in [1.807, 2.05) is 4.90 Å². The van der Waals surface area contributed by atoms with E-state index < -0.39 is 0 Å². The van der Waals surface area contributed by atoms with E-state index in [1.54, 1.807) is 0 Å². The zero-order valence-corrected chi connectivity index (χ0v) is 11.6. The smallest absolute Gasteiger partial charge is 0.239 e. The van der Waals surface area contributed by atoms with Gasteiger partial charge in [0.2, 0.25) is 11.8 Å².